The van der Waals surface area contributed by atoms with Gasteiger partial charge in [0.1, 0.15) is 29.2 Å². The first kappa shape index (κ1) is 22.5. The second-order valence-electron chi connectivity index (χ2n) is 7.60. The van der Waals surface area contributed by atoms with Crippen LogP contribution in [0.25, 0.3) is 11.3 Å². The molecule has 0 spiro atoms. The molecule has 2 aromatic carbocycles. The molecule has 1 saturated heterocycles. The van der Waals surface area contributed by atoms with Gasteiger partial charge in [-0.2, -0.15) is 0 Å². The summed E-state index contributed by atoms with van der Waals surface area (Å²) in [6.45, 7) is 1.89. The molecule has 8 nitrogen and oxygen atoms in total. The first-order valence-electron chi connectivity index (χ1n) is 10.6. The quantitative estimate of drug-likeness (QED) is 0.397. The summed E-state index contributed by atoms with van der Waals surface area (Å²) in [5, 5.41) is 25.5. The van der Waals surface area contributed by atoms with Crippen LogP contribution in [0.1, 0.15) is 11.7 Å². The summed E-state index contributed by atoms with van der Waals surface area (Å²) in [6, 6.07) is 16.3. The molecule has 1 aliphatic rings. The number of benzene rings is 2. The Labute approximate surface area is 190 Å². The molecule has 0 radical (unpaired) electrons. The van der Waals surface area contributed by atoms with Crippen molar-refractivity contribution in [2.45, 2.75) is 6.10 Å². The number of pyridine rings is 1. The molecule has 4 N–H and O–H groups in total. The van der Waals surface area contributed by atoms with Crippen LogP contribution in [0.4, 0.5) is 15.0 Å². The Balaban J connectivity index is 1.49. The number of hydrogen-bond donors (Lipinski definition) is 4. The van der Waals surface area contributed by atoms with E-state index >= 15 is 0 Å². The highest BCUT2D eigenvalue weighted by molar-refractivity contribution is 5.76. The van der Waals surface area contributed by atoms with Crippen LogP contribution in [0, 0.1) is 5.82 Å². The number of nitrogens with one attached hydrogen (secondary N) is 2. The van der Waals surface area contributed by atoms with E-state index < -0.39 is 12.7 Å². The first-order valence-corrected chi connectivity index (χ1v) is 10.6. The van der Waals surface area contributed by atoms with E-state index in [4.69, 9.17) is 4.74 Å². The number of aliphatic hydroxyl groups is 2. The monoisotopic (exact) mass is 452 g/mol. The molecule has 9 heteroatoms. The molecular formula is C24H25FN4O4. The van der Waals surface area contributed by atoms with Crippen molar-refractivity contribution in [3.63, 3.8) is 0 Å². The van der Waals surface area contributed by atoms with Crippen molar-refractivity contribution in [2.75, 3.05) is 38.1 Å². The predicted octanol–water partition coefficient (Wildman–Crippen LogP) is 3.14. The molecule has 4 rings (SSSR count). The highest BCUT2D eigenvalue weighted by Crippen LogP contribution is 2.28. The lowest BCUT2D eigenvalue weighted by Gasteiger charge is -2.16. The van der Waals surface area contributed by atoms with E-state index in [9.17, 15) is 19.4 Å². The zero-order valence-electron chi connectivity index (χ0n) is 17.9. The minimum atomic E-state index is -1.04. The van der Waals surface area contributed by atoms with E-state index in [1.54, 1.807) is 41.3 Å². The minimum Gasteiger partial charge on any atom is -0.457 e. The van der Waals surface area contributed by atoms with E-state index in [-0.39, 0.29) is 11.8 Å². The van der Waals surface area contributed by atoms with Crippen LogP contribution in [0.15, 0.2) is 60.7 Å². The zero-order valence-corrected chi connectivity index (χ0v) is 17.9. The molecule has 0 aliphatic carbocycles. The fourth-order valence-electron chi connectivity index (χ4n) is 3.46. The number of carbonyl (C=O) groups excluding carboxylic acids is 1. The molecule has 1 aromatic heterocycles. The van der Waals surface area contributed by atoms with Gasteiger partial charge in [-0.15, -0.1) is 0 Å². The first-order chi connectivity index (χ1) is 16.0. The summed E-state index contributed by atoms with van der Waals surface area (Å²) in [5.41, 5.74) is 1.92. The van der Waals surface area contributed by atoms with Gasteiger partial charge in [0.2, 0.25) is 0 Å². The highest BCUT2D eigenvalue weighted by Gasteiger charge is 2.18. The minimum absolute atomic E-state index is 0.0853. The molecule has 0 unspecified atom stereocenters. The Bertz CT molecular complexity index is 1090. The molecule has 0 bridgehead atoms. The van der Waals surface area contributed by atoms with Crippen molar-refractivity contribution >= 4 is 11.8 Å². The lowest BCUT2D eigenvalue weighted by atomic mass is 10.1. The van der Waals surface area contributed by atoms with Crippen LogP contribution in [-0.2, 0) is 0 Å². The van der Waals surface area contributed by atoms with Gasteiger partial charge in [0.05, 0.1) is 12.3 Å². The predicted molar refractivity (Wildman–Crippen MR) is 122 cm³/mol. The molecule has 2 amide bonds. The van der Waals surface area contributed by atoms with Crippen molar-refractivity contribution in [3.8, 4) is 22.8 Å². The lowest BCUT2D eigenvalue weighted by molar-refractivity contribution is 0.0956. The van der Waals surface area contributed by atoms with Crippen molar-refractivity contribution in [1.82, 2.24) is 15.2 Å². The van der Waals surface area contributed by atoms with Crippen LogP contribution >= 0.6 is 0 Å². The fraction of sp³-hybridized carbons (Fsp3) is 0.250. The topological polar surface area (TPSA) is 107 Å². The average Bonchev–Trinajstić information content (AvgIpc) is 3.25. The number of urea groups is 1. The third-order valence-electron chi connectivity index (χ3n) is 5.24. The number of ether oxygens (including phenoxy) is 1. The van der Waals surface area contributed by atoms with Crippen LogP contribution < -0.4 is 15.4 Å². The number of aliphatic hydroxyl groups excluding tert-OH is 2. The summed E-state index contributed by atoms with van der Waals surface area (Å²) in [7, 11) is 0. The van der Waals surface area contributed by atoms with Gasteiger partial charge in [0.25, 0.3) is 0 Å². The van der Waals surface area contributed by atoms with Gasteiger partial charge in [0, 0.05) is 31.7 Å². The molecule has 1 atom stereocenters. The molecule has 2 heterocycles. The van der Waals surface area contributed by atoms with Gasteiger partial charge < -0.3 is 30.5 Å². The van der Waals surface area contributed by atoms with Crippen molar-refractivity contribution in [1.29, 1.82) is 0 Å². The number of carbonyl (C=O) groups is 1. The number of nitrogens with zero attached hydrogens (tertiary/aromatic N) is 2. The standard InChI is InChI=1S/C24H25FN4O4/c25-18-3-7-20(8-4-18)33-19-5-1-16(2-6-19)21-13-17(22(31)15-30)14-23(28-21)26-9-11-29-12-10-27-24(29)32/h1-8,13-14,22,30-31H,9-12,15H2,(H,26,28)(H,27,32)/t22-/m1/s1. The smallest absolute Gasteiger partial charge is 0.317 e. The van der Waals surface area contributed by atoms with Crippen LogP contribution in [-0.4, -0.2) is 58.9 Å². The van der Waals surface area contributed by atoms with Gasteiger partial charge in [0.15, 0.2) is 0 Å². The Morgan fingerprint density at radius 2 is 1.82 bits per heavy atom. The number of aromatic nitrogens is 1. The summed E-state index contributed by atoms with van der Waals surface area (Å²) in [4.78, 5) is 18.0. The Kier molecular flexibility index (Phi) is 7.01. The second kappa shape index (κ2) is 10.3. The molecule has 172 valence electrons. The molecule has 0 saturated carbocycles. The van der Waals surface area contributed by atoms with Crippen molar-refractivity contribution in [3.05, 3.63) is 72.0 Å². The number of anilines is 1. The van der Waals surface area contributed by atoms with Gasteiger partial charge in [-0.1, -0.05) is 0 Å². The summed E-state index contributed by atoms with van der Waals surface area (Å²) in [5.74, 6) is 1.30. The number of hydrogen-bond acceptors (Lipinski definition) is 6. The summed E-state index contributed by atoms with van der Waals surface area (Å²) >= 11 is 0. The summed E-state index contributed by atoms with van der Waals surface area (Å²) in [6.07, 6.45) is -1.04. The third kappa shape index (κ3) is 5.76. The Morgan fingerprint density at radius 1 is 1.12 bits per heavy atom. The highest BCUT2D eigenvalue weighted by atomic mass is 19.1. The second-order valence-corrected chi connectivity index (χ2v) is 7.60. The maximum atomic E-state index is 13.1. The Hall–Kier alpha value is -3.69. The maximum absolute atomic E-state index is 13.1. The molecule has 33 heavy (non-hydrogen) atoms. The van der Waals surface area contributed by atoms with E-state index in [0.717, 1.165) is 5.56 Å². The Morgan fingerprint density at radius 3 is 2.45 bits per heavy atom. The van der Waals surface area contributed by atoms with Crippen LogP contribution in [0.5, 0.6) is 11.5 Å². The molecule has 1 aliphatic heterocycles. The molecular weight excluding hydrogens is 427 g/mol. The normalized spacial score (nSPS) is 14.2. The molecule has 1 fully saturated rings. The van der Waals surface area contributed by atoms with E-state index in [0.29, 0.717) is 54.8 Å². The van der Waals surface area contributed by atoms with Crippen molar-refractivity contribution in [2.24, 2.45) is 0 Å². The summed E-state index contributed by atoms with van der Waals surface area (Å²) < 4.78 is 18.8. The number of rotatable bonds is 9. The fourth-order valence-corrected chi connectivity index (χ4v) is 3.46. The van der Waals surface area contributed by atoms with Gasteiger partial charge in [-0.05, 0) is 66.2 Å². The van der Waals surface area contributed by atoms with Gasteiger partial charge in [-0.25, -0.2) is 14.2 Å². The van der Waals surface area contributed by atoms with E-state index in [1.165, 1.54) is 12.1 Å². The lowest BCUT2D eigenvalue weighted by Crippen LogP contribution is -2.32. The van der Waals surface area contributed by atoms with Gasteiger partial charge >= 0.3 is 6.03 Å². The molecule has 3 aromatic rings. The third-order valence-corrected chi connectivity index (χ3v) is 5.24. The number of amides is 2. The van der Waals surface area contributed by atoms with E-state index in [1.807, 2.05) is 12.1 Å². The number of halogens is 1. The van der Waals surface area contributed by atoms with Crippen LogP contribution in [0.3, 0.4) is 0 Å². The largest absolute Gasteiger partial charge is 0.457 e. The van der Waals surface area contributed by atoms with E-state index in [2.05, 4.69) is 15.6 Å². The zero-order chi connectivity index (χ0) is 23.2. The maximum Gasteiger partial charge on any atom is 0.317 e. The van der Waals surface area contributed by atoms with Crippen LogP contribution in [0.2, 0.25) is 0 Å². The van der Waals surface area contributed by atoms with Crippen molar-refractivity contribution < 1.29 is 24.1 Å². The SMILES string of the molecule is O=C1NCCN1CCNc1cc([C@H](O)CO)cc(-c2ccc(Oc3ccc(F)cc3)cc2)n1. The average molecular weight is 452 g/mol. The van der Waals surface area contributed by atoms with Gasteiger partial charge in [-0.3, -0.25) is 0 Å².